The summed E-state index contributed by atoms with van der Waals surface area (Å²) in [7, 11) is 0. The summed E-state index contributed by atoms with van der Waals surface area (Å²) in [6.45, 7) is 1.41. The van der Waals surface area contributed by atoms with Crippen LogP contribution in [-0.4, -0.2) is 54.5 Å². The Balaban J connectivity index is 0.00000341. The van der Waals surface area contributed by atoms with E-state index in [1.54, 1.807) is 0 Å². The van der Waals surface area contributed by atoms with E-state index in [1.165, 1.54) is 24.3 Å². The molecule has 0 unspecified atom stereocenters. The van der Waals surface area contributed by atoms with Crippen LogP contribution in [0, 0.1) is 11.6 Å². The molecule has 0 spiro atoms. The molecule has 2 atom stereocenters. The highest BCUT2D eigenvalue weighted by Gasteiger charge is 2.40. The molecule has 31 heavy (non-hydrogen) atoms. The van der Waals surface area contributed by atoms with Gasteiger partial charge in [-0.1, -0.05) is 46.4 Å². The highest BCUT2D eigenvalue weighted by atomic mass is 35.5. The first-order valence-corrected chi connectivity index (χ1v) is 10.9. The van der Waals surface area contributed by atoms with E-state index in [4.69, 9.17) is 46.4 Å². The number of quaternary nitrogens is 1. The van der Waals surface area contributed by atoms with Crippen molar-refractivity contribution in [1.82, 2.24) is 4.90 Å². The lowest BCUT2D eigenvalue weighted by Crippen LogP contribution is -3.15. The van der Waals surface area contributed by atoms with Crippen LogP contribution < -0.4 is 17.3 Å². The molecular weight excluding hydrogens is 515 g/mol. The fraction of sp³-hybridized carbons (Fsp3) is 0.400. The summed E-state index contributed by atoms with van der Waals surface area (Å²) in [6.07, 6.45) is 0. The Hall–Kier alpha value is -0.410. The summed E-state index contributed by atoms with van der Waals surface area (Å²) in [5.41, 5.74) is 0.996. The minimum Gasteiger partial charge on any atom is -1.00 e. The van der Waals surface area contributed by atoms with Crippen LogP contribution in [0.4, 0.5) is 8.78 Å². The Kier molecular flexibility index (Phi) is 10.1. The van der Waals surface area contributed by atoms with Crippen molar-refractivity contribution in [1.29, 1.82) is 0 Å². The number of benzene rings is 2. The molecule has 0 aromatic heterocycles. The Labute approximate surface area is 205 Å². The van der Waals surface area contributed by atoms with E-state index in [1.807, 2.05) is 4.90 Å². The molecule has 1 aliphatic heterocycles. The van der Waals surface area contributed by atoms with Gasteiger partial charge in [-0.05, 0) is 35.4 Å². The molecule has 2 aromatic rings. The topological polar surface area (TPSA) is 48.1 Å². The molecule has 4 nitrogen and oxygen atoms in total. The fourth-order valence-electron chi connectivity index (χ4n) is 4.04. The first-order valence-electron chi connectivity index (χ1n) is 9.36. The third kappa shape index (κ3) is 5.94. The molecular formula is C20H21Cl5F2N2O2. The number of hydrogen-bond acceptors (Lipinski definition) is 3. The van der Waals surface area contributed by atoms with Crippen molar-refractivity contribution in [2.24, 2.45) is 0 Å². The lowest BCUT2D eigenvalue weighted by molar-refractivity contribution is -0.913. The second-order valence-corrected chi connectivity index (χ2v) is 8.83. The third-order valence-electron chi connectivity index (χ3n) is 5.39. The summed E-state index contributed by atoms with van der Waals surface area (Å²) < 4.78 is 28.5. The van der Waals surface area contributed by atoms with Crippen LogP contribution in [0.1, 0.15) is 23.2 Å². The first-order chi connectivity index (χ1) is 14.3. The van der Waals surface area contributed by atoms with E-state index in [9.17, 15) is 19.0 Å². The van der Waals surface area contributed by atoms with Crippen LogP contribution >= 0.6 is 46.4 Å². The second kappa shape index (κ2) is 11.6. The van der Waals surface area contributed by atoms with Crippen LogP contribution in [0.3, 0.4) is 0 Å². The summed E-state index contributed by atoms with van der Waals surface area (Å²) >= 11 is 24.5. The zero-order valence-electron chi connectivity index (χ0n) is 16.2. The Bertz CT molecular complexity index is 854. The molecule has 1 fully saturated rings. The predicted molar refractivity (Wildman–Crippen MR) is 115 cm³/mol. The SMILES string of the molecule is OCCN1[C@H](c2cc(F)c(Cl)cc2Cl)C[NH+](CCO)C[C@H]1c1cc(F)c(Cl)cc1Cl.[Cl-]. The molecule has 0 amide bonds. The highest BCUT2D eigenvalue weighted by Crippen LogP contribution is 2.39. The molecule has 0 aliphatic carbocycles. The zero-order chi connectivity index (χ0) is 22.0. The van der Waals surface area contributed by atoms with Crippen molar-refractivity contribution in [2.75, 3.05) is 39.4 Å². The standard InChI is InChI=1S/C20H20Cl4F2N2O2.ClH/c21-13-7-15(23)17(25)5-11(13)19-9-27(1-3-29)10-20(28(19)2-4-30)12-6-18(26)16(24)8-14(12)22;/h5-8,19-20,29-30H,1-4,9-10H2;1H/t19-,20-;/m0./s1. The number of halogens is 7. The number of nitrogens with zero attached hydrogens (tertiary/aromatic N) is 1. The molecule has 3 N–H and O–H groups in total. The number of hydrogen-bond donors (Lipinski definition) is 3. The summed E-state index contributed by atoms with van der Waals surface area (Å²) in [4.78, 5) is 2.92. The van der Waals surface area contributed by atoms with Crippen LogP contribution in [0.2, 0.25) is 20.1 Å². The Morgan fingerprint density at radius 2 is 1.26 bits per heavy atom. The van der Waals surface area contributed by atoms with E-state index >= 15 is 0 Å². The van der Waals surface area contributed by atoms with Gasteiger partial charge in [0.2, 0.25) is 0 Å². The number of rotatable bonds is 6. The number of aliphatic hydroxyl groups excluding tert-OH is 2. The molecule has 0 bridgehead atoms. The molecule has 2 aromatic carbocycles. The number of β-amino-alcohol motifs (C(OH)–C–C–N with tert-alkyl or cyclic N) is 1. The van der Waals surface area contributed by atoms with Crippen molar-refractivity contribution in [3.63, 3.8) is 0 Å². The van der Waals surface area contributed by atoms with Crippen molar-refractivity contribution < 1.29 is 36.3 Å². The maximum atomic E-state index is 14.3. The van der Waals surface area contributed by atoms with Gasteiger partial charge < -0.3 is 27.5 Å². The largest absolute Gasteiger partial charge is 1.00 e. The second-order valence-electron chi connectivity index (χ2n) is 7.20. The van der Waals surface area contributed by atoms with Gasteiger partial charge in [-0.25, -0.2) is 8.78 Å². The van der Waals surface area contributed by atoms with Crippen LogP contribution in [0.15, 0.2) is 24.3 Å². The van der Waals surface area contributed by atoms with E-state index in [-0.39, 0.29) is 52.3 Å². The van der Waals surface area contributed by atoms with E-state index in [0.717, 1.165) is 4.90 Å². The van der Waals surface area contributed by atoms with E-state index in [0.29, 0.717) is 30.8 Å². The van der Waals surface area contributed by atoms with Gasteiger partial charge in [-0.2, -0.15) is 0 Å². The fourth-order valence-corrected chi connectivity index (χ4v) is 5.05. The average molecular weight is 537 g/mol. The van der Waals surface area contributed by atoms with E-state index < -0.39 is 23.7 Å². The van der Waals surface area contributed by atoms with Gasteiger partial charge in [-0.3, -0.25) is 4.90 Å². The average Bonchev–Trinajstić information content (AvgIpc) is 2.69. The molecule has 0 saturated carbocycles. The summed E-state index contributed by atoms with van der Waals surface area (Å²) in [5, 5.41) is 19.6. The summed E-state index contributed by atoms with van der Waals surface area (Å²) in [5.74, 6) is -1.22. The first kappa shape index (κ1) is 26.8. The van der Waals surface area contributed by atoms with Crippen molar-refractivity contribution >= 4 is 46.4 Å². The Morgan fingerprint density at radius 3 is 1.65 bits per heavy atom. The smallest absolute Gasteiger partial charge is 0.142 e. The minimum absolute atomic E-state index is 0. The molecule has 11 heteroatoms. The molecule has 1 aliphatic rings. The zero-order valence-corrected chi connectivity index (χ0v) is 20.0. The van der Waals surface area contributed by atoms with Gasteiger partial charge >= 0.3 is 0 Å². The van der Waals surface area contributed by atoms with Gasteiger partial charge in [-0.15, -0.1) is 0 Å². The molecule has 172 valence electrons. The van der Waals surface area contributed by atoms with Crippen LogP contribution in [0.25, 0.3) is 0 Å². The van der Waals surface area contributed by atoms with Gasteiger partial charge in [0.05, 0.1) is 48.4 Å². The van der Waals surface area contributed by atoms with Gasteiger partial charge in [0.1, 0.15) is 18.2 Å². The maximum Gasteiger partial charge on any atom is 0.142 e. The van der Waals surface area contributed by atoms with Gasteiger partial charge in [0, 0.05) is 16.6 Å². The monoisotopic (exact) mass is 534 g/mol. The summed E-state index contributed by atoms with van der Waals surface area (Å²) in [6, 6.07) is 4.40. The van der Waals surface area contributed by atoms with Crippen molar-refractivity contribution in [3.8, 4) is 0 Å². The van der Waals surface area contributed by atoms with Crippen LogP contribution in [-0.2, 0) is 0 Å². The lowest BCUT2D eigenvalue weighted by Gasteiger charge is -2.45. The molecule has 1 heterocycles. The predicted octanol–water partition coefficient (Wildman–Crippen LogP) is 0.550. The number of piperazine rings is 1. The third-order valence-corrected chi connectivity index (χ3v) is 6.62. The van der Waals surface area contributed by atoms with Crippen molar-refractivity contribution in [3.05, 3.63) is 67.1 Å². The molecule has 3 rings (SSSR count). The maximum absolute atomic E-state index is 14.3. The minimum atomic E-state index is -0.610. The number of nitrogens with one attached hydrogen (secondary N) is 1. The van der Waals surface area contributed by atoms with Crippen molar-refractivity contribution in [2.45, 2.75) is 12.1 Å². The molecule has 1 saturated heterocycles. The molecule has 0 radical (unpaired) electrons. The van der Waals surface area contributed by atoms with Gasteiger partial charge in [0.25, 0.3) is 0 Å². The lowest BCUT2D eigenvalue weighted by atomic mass is 9.94. The quantitative estimate of drug-likeness (QED) is 0.473. The van der Waals surface area contributed by atoms with Crippen LogP contribution in [0.5, 0.6) is 0 Å². The van der Waals surface area contributed by atoms with Gasteiger partial charge in [0.15, 0.2) is 0 Å². The highest BCUT2D eigenvalue weighted by molar-refractivity contribution is 6.35. The normalized spacial score (nSPS) is 21.7. The number of aliphatic hydroxyl groups is 2. The Morgan fingerprint density at radius 1 is 0.806 bits per heavy atom. The van der Waals surface area contributed by atoms with E-state index in [2.05, 4.69) is 0 Å².